The Kier molecular flexibility index (Phi) is 3.94. The fourth-order valence-electron chi connectivity index (χ4n) is 2.66. The molecule has 0 aromatic carbocycles. The predicted octanol–water partition coefficient (Wildman–Crippen LogP) is 1.77. The van der Waals surface area contributed by atoms with Crippen LogP contribution in [0.3, 0.4) is 0 Å². The molecule has 2 aromatic rings. The number of aromatic nitrogens is 3. The number of amides is 1. The van der Waals surface area contributed by atoms with Crippen LogP contribution in [0.2, 0.25) is 0 Å². The van der Waals surface area contributed by atoms with E-state index >= 15 is 0 Å². The van der Waals surface area contributed by atoms with Crippen molar-refractivity contribution in [3.05, 3.63) is 47.8 Å². The van der Waals surface area contributed by atoms with E-state index in [1.165, 1.54) is 0 Å². The van der Waals surface area contributed by atoms with Crippen LogP contribution in [-0.4, -0.2) is 27.0 Å². The highest BCUT2D eigenvalue weighted by Gasteiger charge is 2.34. The quantitative estimate of drug-likeness (QED) is 0.934. The van der Waals surface area contributed by atoms with E-state index in [9.17, 15) is 4.79 Å². The fraction of sp³-hybridized carbons (Fsp3) is 0.438. The molecular weight excluding hydrogens is 280 g/mol. The minimum absolute atomic E-state index is 0.115. The largest absolute Gasteiger partial charge is 0.367 e. The summed E-state index contributed by atoms with van der Waals surface area (Å²) in [6.07, 6.45) is 5.51. The molecule has 3 rings (SSSR count). The van der Waals surface area contributed by atoms with Gasteiger partial charge in [0.15, 0.2) is 5.82 Å². The molecule has 1 aliphatic rings. The smallest absolute Gasteiger partial charge is 0.268 e. The van der Waals surface area contributed by atoms with Gasteiger partial charge in [-0.25, -0.2) is 9.97 Å². The van der Waals surface area contributed by atoms with Gasteiger partial charge >= 0.3 is 0 Å². The van der Waals surface area contributed by atoms with Gasteiger partial charge in [-0.2, -0.15) is 0 Å². The molecule has 1 atom stereocenters. The maximum atomic E-state index is 12.1. The van der Waals surface area contributed by atoms with Crippen LogP contribution in [0.1, 0.15) is 41.8 Å². The van der Waals surface area contributed by atoms with Crippen molar-refractivity contribution in [2.75, 3.05) is 6.61 Å². The summed E-state index contributed by atoms with van der Waals surface area (Å²) in [5.41, 5.74) is 1.00. The summed E-state index contributed by atoms with van der Waals surface area (Å²) in [5, 5.41) is 2.88. The molecular formula is C16H20N4O2. The van der Waals surface area contributed by atoms with E-state index in [1.54, 1.807) is 16.8 Å². The molecule has 1 amide bonds. The van der Waals surface area contributed by atoms with Crippen molar-refractivity contribution in [1.29, 1.82) is 0 Å². The lowest BCUT2D eigenvalue weighted by Gasteiger charge is -2.21. The highest BCUT2D eigenvalue weighted by atomic mass is 16.5. The number of ether oxygens (including phenoxy) is 1. The molecule has 0 aliphatic carbocycles. The Bertz CT molecular complexity index is 674. The van der Waals surface area contributed by atoms with Crippen LogP contribution >= 0.6 is 0 Å². The molecule has 0 radical (unpaired) electrons. The summed E-state index contributed by atoms with van der Waals surface area (Å²) in [5.74, 6) is 0.576. The molecule has 0 saturated carbocycles. The molecule has 1 saturated heterocycles. The zero-order valence-electron chi connectivity index (χ0n) is 12.9. The van der Waals surface area contributed by atoms with Crippen molar-refractivity contribution in [2.45, 2.75) is 31.9 Å². The van der Waals surface area contributed by atoms with Gasteiger partial charge in [0.2, 0.25) is 0 Å². The average molecular weight is 300 g/mol. The highest BCUT2D eigenvalue weighted by molar-refractivity contribution is 5.92. The lowest BCUT2D eigenvalue weighted by atomic mass is 10.0. The SMILES string of the molecule is Cn1cccc1C(=O)NCc1ccnc([C@@]2(C)CCCO2)n1. The molecule has 6 nitrogen and oxygen atoms in total. The van der Waals surface area contributed by atoms with Crippen molar-refractivity contribution in [3.63, 3.8) is 0 Å². The second-order valence-corrected chi connectivity index (χ2v) is 5.74. The minimum atomic E-state index is -0.405. The number of rotatable bonds is 4. The van der Waals surface area contributed by atoms with Gasteiger partial charge in [-0.3, -0.25) is 4.79 Å². The number of carbonyl (C=O) groups is 1. The number of nitrogens with one attached hydrogen (secondary N) is 1. The molecule has 6 heteroatoms. The van der Waals surface area contributed by atoms with Gasteiger partial charge in [-0.1, -0.05) is 0 Å². The molecule has 0 unspecified atom stereocenters. The first-order valence-electron chi connectivity index (χ1n) is 7.44. The fourth-order valence-corrected chi connectivity index (χ4v) is 2.66. The van der Waals surface area contributed by atoms with Crippen LogP contribution in [-0.2, 0) is 23.9 Å². The van der Waals surface area contributed by atoms with Crippen molar-refractivity contribution in [1.82, 2.24) is 19.9 Å². The molecule has 3 heterocycles. The third kappa shape index (κ3) is 2.87. The number of hydrogen-bond donors (Lipinski definition) is 1. The summed E-state index contributed by atoms with van der Waals surface area (Å²) in [6.45, 7) is 3.13. The summed E-state index contributed by atoms with van der Waals surface area (Å²) >= 11 is 0. The van der Waals surface area contributed by atoms with Gasteiger partial charge < -0.3 is 14.6 Å². The van der Waals surface area contributed by atoms with Crippen LogP contribution < -0.4 is 5.32 Å². The number of carbonyl (C=O) groups excluding carboxylic acids is 1. The van der Waals surface area contributed by atoms with Gasteiger partial charge in [0, 0.05) is 26.0 Å². The summed E-state index contributed by atoms with van der Waals surface area (Å²) in [7, 11) is 1.84. The van der Waals surface area contributed by atoms with Crippen molar-refractivity contribution in [3.8, 4) is 0 Å². The Morgan fingerprint density at radius 1 is 1.50 bits per heavy atom. The Morgan fingerprint density at radius 2 is 2.36 bits per heavy atom. The molecule has 0 spiro atoms. The van der Waals surface area contributed by atoms with E-state index in [1.807, 2.05) is 32.3 Å². The lowest BCUT2D eigenvalue weighted by Crippen LogP contribution is -2.27. The van der Waals surface area contributed by atoms with Crippen LogP contribution in [0.25, 0.3) is 0 Å². The standard InChI is InChI=1S/C16H20N4O2/c1-16(7-4-10-22-16)15-17-8-6-12(19-15)11-18-14(21)13-5-3-9-20(13)2/h3,5-6,8-9H,4,7,10-11H2,1-2H3,(H,18,21)/t16-/m1/s1. The van der Waals surface area contributed by atoms with E-state index in [0.717, 1.165) is 25.1 Å². The van der Waals surface area contributed by atoms with E-state index < -0.39 is 5.60 Å². The first-order chi connectivity index (χ1) is 10.6. The van der Waals surface area contributed by atoms with E-state index in [0.29, 0.717) is 18.1 Å². The lowest BCUT2D eigenvalue weighted by molar-refractivity contribution is 0.00913. The Labute approximate surface area is 129 Å². The van der Waals surface area contributed by atoms with Crippen LogP contribution in [0.4, 0.5) is 0 Å². The third-order valence-electron chi connectivity index (χ3n) is 4.01. The minimum Gasteiger partial charge on any atom is -0.367 e. The second-order valence-electron chi connectivity index (χ2n) is 5.74. The van der Waals surface area contributed by atoms with Crippen molar-refractivity contribution < 1.29 is 9.53 Å². The number of aryl methyl sites for hydroxylation is 1. The Hall–Kier alpha value is -2.21. The maximum absolute atomic E-state index is 12.1. The Morgan fingerprint density at radius 3 is 3.05 bits per heavy atom. The van der Waals surface area contributed by atoms with Gasteiger partial charge in [0.1, 0.15) is 11.3 Å². The third-order valence-corrected chi connectivity index (χ3v) is 4.01. The molecule has 1 fully saturated rings. The van der Waals surface area contributed by atoms with Gasteiger partial charge in [-0.15, -0.1) is 0 Å². The van der Waals surface area contributed by atoms with E-state index in [2.05, 4.69) is 15.3 Å². The molecule has 2 aromatic heterocycles. The Balaban J connectivity index is 1.68. The van der Waals surface area contributed by atoms with Crippen LogP contribution in [0.5, 0.6) is 0 Å². The number of nitrogens with zero attached hydrogens (tertiary/aromatic N) is 3. The molecule has 1 N–H and O–H groups in total. The maximum Gasteiger partial charge on any atom is 0.268 e. The predicted molar refractivity (Wildman–Crippen MR) is 81.2 cm³/mol. The topological polar surface area (TPSA) is 69.0 Å². The van der Waals surface area contributed by atoms with Gasteiger partial charge in [0.05, 0.1) is 12.2 Å². The monoisotopic (exact) mass is 300 g/mol. The van der Waals surface area contributed by atoms with Gasteiger partial charge in [-0.05, 0) is 38.0 Å². The molecule has 0 bridgehead atoms. The van der Waals surface area contributed by atoms with E-state index in [4.69, 9.17) is 4.74 Å². The summed E-state index contributed by atoms with van der Waals surface area (Å²) < 4.78 is 7.55. The van der Waals surface area contributed by atoms with Crippen LogP contribution in [0.15, 0.2) is 30.6 Å². The highest BCUT2D eigenvalue weighted by Crippen LogP contribution is 2.33. The van der Waals surface area contributed by atoms with Crippen LogP contribution in [0, 0.1) is 0 Å². The van der Waals surface area contributed by atoms with Crippen molar-refractivity contribution in [2.24, 2.45) is 7.05 Å². The zero-order valence-corrected chi connectivity index (χ0v) is 12.9. The van der Waals surface area contributed by atoms with Crippen molar-refractivity contribution >= 4 is 5.91 Å². The summed E-state index contributed by atoms with van der Waals surface area (Å²) in [6, 6.07) is 5.44. The van der Waals surface area contributed by atoms with Gasteiger partial charge in [0.25, 0.3) is 5.91 Å². The second kappa shape index (κ2) is 5.88. The molecule has 22 heavy (non-hydrogen) atoms. The first-order valence-corrected chi connectivity index (χ1v) is 7.44. The molecule has 116 valence electrons. The number of hydrogen-bond acceptors (Lipinski definition) is 4. The first kappa shape index (κ1) is 14.7. The normalized spacial score (nSPS) is 21.0. The van der Waals surface area contributed by atoms with E-state index in [-0.39, 0.29) is 5.91 Å². The zero-order chi connectivity index (χ0) is 15.6. The summed E-state index contributed by atoms with van der Waals surface area (Å²) in [4.78, 5) is 21.0. The molecule has 1 aliphatic heterocycles. The average Bonchev–Trinajstić information content (AvgIpc) is 3.15.